The van der Waals surface area contributed by atoms with Crippen molar-refractivity contribution in [1.29, 1.82) is 0 Å². The van der Waals surface area contributed by atoms with Gasteiger partial charge in [-0.2, -0.15) is 0 Å². The molecular formula is C47H83O13P. The van der Waals surface area contributed by atoms with Gasteiger partial charge in [0.05, 0.1) is 6.61 Å². The van der Waals surface area contributed by atoms with Gasteiger partial charge in [0.1, 0.15) is 43.2 Å². The molecule has 0 aliphatic heterocycles. The number of esters is 2. The standard InChI is InChI=1S/C47H83O13P/c1-3-5-7-9-11-13-15-17-19-20-22-24-26-28-30-32-34-36-41(49)59-39(38-58-61(55,56)60-47-45(53)43(51)42(50)44(52)46(47)54)37-57-40(48)35-33-31-29-27-25-23-21-18-16-14-12-10-8-6-4-2/h11,13,17,19,22,24,28,30,39,42-47,50-54H,3-10,12,14-16,18,20-21,23,25-27,29,31-38H2,1-2H3,(H,55,56)/b13-11-,19-17-,24-22-,30-28+/t39-,42?,43-,44+,45-,46-,47?/m1/s1. The number of hydrogen-bond acceptors (Lipinski definition) is 12. The Bertz CT molecular complexity index is 1250. The number of allylic oxidation sites excluding steroid dienone is 8. The Morgan fingerprint density at radius 3 is 1.39 bits per heavy atom. The Balaban J connectivity index is 2.50. The van der Waals surface area contributed by atoms with E-state index in [1.165, 1.54) is 89.9 Å². The van der Waals surface area contributed by atoms with Crippen LogP contribution in [0.25, 0.3) is 0 Å². The third-order valence-corrected chi connectivity index (χ3v) is 11.7. The van der Waals surface area contributed by atoms with Crippen LogP contribution in [0.3, 0.4) is 0 Å². The summed E-state index contributed by atoms with van der Waals surface area (Å²) in [5, 5.41) is 50.1. The second kappa shape index (κ2) is 37.2. The van der Waals surface area contributed by atoms with Crippen LogP contribution in [0.2, 0.25) is 0 Å². The maximum absolute atomic E-state index is 12.8. The number of carbonyl (C=O) groups is 2. The lowest BCUT2D eigenvalue weighted by Gasteiger charge is -2.41. The Morgan fingerprint density at radius 1 is 0.508 bits per heavy atom. The topological polar surface area (TPSA) is 210 Å². The van der Waals surface area contributed by atoms with Gasteiger partial charge in [0.25, 0.3) is 0 Å². The van der Waals surface area contributed by atoms with Gasteiger partial charge in [-0.1, -0.05) is 165 Å². The lowest BCUT2D eigenvalue weighted by molar-refractivity contribution is -0.220. The molecule has 0 radical (unpaired) electrons. The highest BCUT2D eigenvalue weighted by atomic mass is 31.2. The highest BCUT2D eigenvalue weighted by Gasteiger charge is 2.51. The van der Waals surface area contributed by atoms with E-state index >= 15 is 0 Å². The zero-order chi connectivity index (χ0) is 45.0. The third kappa shape index (κ3) is 29.7. The maximum atomic E-state index is 12.8. The van der Waals surface area contributed by atoms with Crippen molar-refractivity contribution in [2.75, 3.05) is 13.2 Å². The molecule has 0 aromatic heterocycles. The fourth-order valence-electron chi connectivity index (χ4n) is 6.87. The van der Waals surface area contributed by atoms with Crippen molar-refractivity contribution in [2.45, 2.75) is 224 Å². The van der Waals surface area contributed by atoms with Crippen molar-refractivity contribution in [1.82, 2.24) is 0 Å². The number of hydrogen-bond donors (Lipinski definition) is 6. The van der Waals surface area contributed by atoms with Gasteiger partial charge in [0.2, 0.25) is 0 Å². The summed E-state index contributed by atoms with van der Waals surface area (Å²) in [6, 6.07) is 0. The summed E-state index contributed by atoms with van der Waals surface area (Å²) in [5.41, 5.74) is 0. The maximum Gasteiger partial charge on any atom is 0.472 e. The van der Waals surface area contributed by atoms with Gasteiger partial charge in [0, 0.05) is 12.8 Å². The molecule has 1 rings (SSSR count). The number of rotatable bonds is 38. The lowest BCUT2D eigenvalue weighted by Crippen LogP contribution is -2.64. The molecule has 354 valence electrons. The lowest BCUT2D eigenvalue weighted by atomic mass is 9.85. The fraction of sp³-hybridized carbons (Fsp3) is 0.787. The summed E-state index contributed by atoms with van der Waals surface area (Å²) < 4.78 is 33.5. The molecule has 0 heterocycles. The predicted octanol–water partition coefficient (Wildman–Crippen LogP) is 9.17. The van der Waals surface area contributed by atoms with Crippen molar-refractivity contribution in [3.05, 3.63) is 48.6 Å². The Labute approximate surface area is 367 Å². The van der Waals surface area contributed by atoms with E-state index in [9.17, 15) is 44.6 Å². The minimum Gasteiger partial charge on any atom is -0.462 e. The number of phosphoric ester groups is 1. The first-order chi connectivity index (χ1) is 29.4. The molecule has 0 spiro atoms. The van der Waals surface area contributed by atoms with Crippen LogP contribution in [0, 0.1) is 0 Å². The summed E-state index contributed by atoms with van der Waals surface area (Å²) in [6.45, 7) is 3.23. The summed E-state index contributed by atoms with van der Waals surface area (Å²) in [6.07, 6.45) is 30.3. The second-order valence-corrected chi connectivity index (χ2v) is 17.7. The average molecular weight is 887 g/mol. The van der Waals surface area contributed by atoms with Crippen LogP contribution < -0.4 is 0 Å². The second-order valence-electron chi connectivity index (χ2n) is 16.3. The van der Waals surface area contributed by atoms with Gasteiger partial charge < -0.3 is 39.9 Å². The van der Waals surface area contributed by atoms with Crippen LogP contribution in [-0.4, -0.2) is 98.3 Å². The van der Waals surface area contributed by atoms with Crippen LogP contribution >= 0.6 is 7.82 Å². The van der Waals surface area contributed by atoms with Crippen molar-refractivity contribution in [3.8, 4) is 0 Å². The van der Waals surface area contributed by atoms with Crippen LogP contribution in [0.5, 0.6) is 0 Å². The molecule has 8 atom stereocenters. The zero-order valence-electron chi connectivity index (χ0n) is 37.4. The van der Waals surface area contributed by atoms with E-state index in [1.54, 1.807) is 0 Å². The normalized spacial score (nSPS) is 22.4. The molecule has 1 fully saturated rings. The molecule has 0 bridgehead atoms. The van der Waals surface area contributed by atoms with Gasteiger partial charge in [-0.3, -0.25) is 18.6 Å². The Morgan fingerprint density at radius 2 is 0.902 bits per heavy atom. The van der Waals surface area contributed by atoms with E-state index in [2.05, 4.69) is 50.3 Å². The molecule has 6 N–H and O–H groups in total. The highest BCUT2D eigenvalue weighted by Crippen LogP contribution is 2.47. The first-order valence-corrected chi connectivity index (χ1v) is 24.9. The van der Waals surface area contributed by atoms with E-state index in [-0.39, 0.29) is 12.8 Å². The Hall–Kier alpha value is -2.19. The molecule has 1 saturated carbocycles. The molecule has 0 saturated heterocycles. The van der Waals surface area contributed by atoms with Crippen molar-refractivity contribution >= 4 is 19.8 Å². The average Bonchev–Trinajstić information content (AvgIpc) is 3.24. The molecule has 0 aromatic carbocycles. The van der Waals surface area contributed by atoms with Crippen molar-refractivity contribution in [3.63, 3.8) is 0 Å². The zero-order valence-corrected chi connectivity index (χ0v) is 38.3. The van der Waals surface area contributed by atoms with E-state index in [1.807, 2.05) is 12.2 Å². The van der Waals surface area contributed by atoms with E-state index in [0.29, 0.717) is 19.3 Å². The summed E-state index contributed by atoms with van der Waals surface area (Å²) in [7, 11) is -5.13. The number of aliphatic hydroxyl groups is 5. The molecule has 3 unspecified atom stereocenters. The SMILES string of the molecule is CCCCC/C=C\C/C=C\C/C=C\C/C=C/CCCC(=O)O[C@H](COC(=O)CCCCCCCCCCCCCCCCC)COP(=O)(O)OC1[C@H](O)[C@H](O)C(O)[C@H](O)[C@H]1O. The highest BCUT2D eigenvalue weighted by molar-refractivity contribution is 7.47. The van der Waals surface area contributed by atoms with Crippen LogP contribution in [0.1, 0.15) is 181 Å². The number of ether oxygens (including phenoxy) is 2. The number of carbonyl (C=O) groups excluding carboxylic acids is 2. The number of unbranched alkanes of at least 4 members (excludes halogenated alkanes) is 18. The quantitative estimate of drug-likeness (QED) is 0.0148. The van der Waals surface area contributed by atoms with Crippen LogP contribution in [0.4, 0.5) is 0 Å². The first-order valence-electron chi connectivity index (χ1n) is 23.4. The molecule has 14 heteroatoms. The minimum absolute atomic E-state index is 0.0213. The molecule has 1 aliphatic rings. The molecule has 13 nitrogen and oxygen atoms in total. The van der Waals surface area contributed by atoms with Gasteiger partial charge in [0.15, 0.2) is 6.10 Å². The molecule has 61 heavy (non-hydrogen) atoms. The molecular weight excluding hydrogens is 803 g/mol. The van der Waals surface area contributed by atoms with Gasteiger partial charge in [-0.25, -0.2) is 4.57 Å². The van der Waals surface area contributed by atoms with Crippen LogP contribution in [0.15, 0.2) is 48.6 Å². The summed E-state index contributed by atoms with van der Waals surface area (Å²) in [4.78, 5) is 35.7. The fourth-order valence-corrected chi connectivity index (χ4v) is 7.84. The van der Waals surface area contributed by atoms with E-state index in [4.69, 9.17) is 18.5 Å². The molecule has 0 amide bonds. The monoisotopic (exact) mass is 887 g/mol. The smallest absolute Gasteiger partial charge is 0.462 e. The first kappa shape index (κ1) is 56.8. The predicted molar refractivity (Wildman–Crippen MR) is 239 cm³/mol. The van der Waals surface area contributed by atoms with Gasteiger partial charge >= 0.3 is 19.8 Å². The Kier molecular flexibility index (Phi) is 34.7. The number of aliphatic hydroxyl groups excluding tert-OH is 5. The molecule has 1 aliphatic carbocycles. The van der Waals surface area contributed by atoms with Crippen molar-refractivity contribution < 1.29 is 63.1 Å². The van der Waals surface area contributed by atoms with Crippen LogP contribution in [-0.2, 0) is 32.7 Å². The van der Waals surface area contributed by atoms with Gasteiger partial charge in [-0.15, -0.1) is 0 Å². The van der Waals surface area contributed by atoms with Crippen molar-refractivity contribution in [2.24, 2.45) is 0 Å². The van der Waals surface area contributed by atoms with E-state index < -0.39 is 75.7 Å². The van der Waals surface area contributed by atoms with E-state index in [0.717, 1.165) is 44.9 Å². The largest absolute Gasteiger partial charge is 0.472 e. The summed E-state index contributed by atoms with van der Waals surface area (Å²) in [5.74, 6) is -1.16. The third-order valence-electron chi connectivity index (χ3n) is 10.7. The number of phosphoric acid groups is 1. The minimum atomic E-state index is -5.13. The van der Waals surface area contributed by atoms with Gasteiger partial charge in [-0.05, 0) is 51.4 Å². The summed E-state index contributed by atoms with van der Waals surface area (Å²) >= 11 is 0. The molecule has 0 aromatic rings.